The Labute approximate surface area is 111 Å². The highest BCUT2D eigenvalue weighted by atomic mass is 79.9. The first-order valence-corrected chi connectivity index (χ1v) is 6.43. The van der Waals surface area contributed by atoms with Gasteiger partial charge in [0.05, 0.1) is 12.3 Å². The second-order valence-electron chi connectivity index (χ2n) is 3.79. The lowest BCUT2D eigenvalue weighted by Gasteiger charge is -2.24. The highest BCUT2D eigenvalue weighted by Crippen LogP contribution is 2.27. The third kappa shape index (κ3) is 3.82. The summed E-state index contributed by atoms with van der Waals surface area (Å²) < 4.78 is 6.03. The number of Topliss-reactive ketones (excluding diaryl/α,β-unsaturated/α-hetero) is 1. The van der Waals surface area contributed by atoms with Crippen LogP contribution in [0.3, 0.4) is 0 Å². The fraction of sp³-hybridized carbons (Fsp3) is 0.462. The summed E-state index contributed by atoms with van der Waals surface area (Å²) in [6.07, 6.45) is 0. The van der Waals surface area contributed by atoms with E-state index in [0.717, 1.165) is 28.8 Å². The van der Waals surface area contributed by atoms with E-state index in [1.807, 2.05) is 18.2 Å². The molecule has 0 fully saturated rings. The van der Waals surface area contributed by atoms with Gasteiger partial charge in [0.1, 0.15) is 0 Å². The van der Waals surface area contributed by atoms with Crippen molar-refractivity contribution in [3.05, 3.63) is 28.2 Å². The molecule has 0 atom stereocenters. The van der Waals surface area contributed by atoms with Crippen LogP contribution in [0.5, 0.6) is 0 Å². The van der Waals surface area contributed by atoms with Gasteiger partial charge >= 0.3 is 0 Å². The zero-order chi connectivity index (χ0) is 12.8. The monoisotopic (exact) mass is 299 g/mol. The highest BCUT2D eigenvalue weighted by molar-refractivity contribution is 9.10. The molecular weight excluding hydrogens is 282 g/mol. The fourth-order valence-electron chi connectivity index (χ4n) is 1.63. The largest absolute Gasteiger partial charge is 0.383 e. The molecule has 0 aromatic heterocycles. The number of hydrogen-bond donors (Lipinski definition) is 0. The van der Waals surface area contributed by atoms with E-state index in [1.54, 1.807) is 14.0 Å². The minimum absolute atomic E-state index is 0.0807. The van der Waals surface area contributed by atoms with Crippen LogP contribution in [-0.4, -0.2) is 32.6 Å². The number of benzene rings is 1. The van der Waals surface area contributed by atoms with Crippen molar-refractivity contribution >= 4 is 27.4 Å². The third-order valence-electron chi connectivity index (χ3n) is 2.64. The molecule has 3 nitrogen and oxygen atoms in total. The number of rotatable bonds is 6. The quantitative estimate of drug-likeness (QED) is 0.756. The van der Waals surface area contributed by atoms with Crippen LogP contribution in [0, 0.1) is 0 Å². The van der Waals surface area contributed by atoms with E-state index in [-0.39, 0.29) is 5.78 Å². The van der Waals surface area contributed by atoms with Gasteiger partial charge in [-0.1, -0.05) is 0 Å². The molecule has 0 aliphatic heterocycles. The van der Waals surface area contributed by atoms with Crippen LogP contribution in [0.15, 0.2) is 22.7 Å². The summed E-state index contributed by atoms with van der Waals surface area (Å²) in [7, 11) is 1.70. The summed E-state index contributed by atoms with van der Waals surface area (Å²) in [4.78, 5) is 13.5. The maximum atomic E-state index is 11.3. The van der Waals surface area contributed by atoms with Gasteiger partial charge in [0, 0.05) is 30.2 Å². The van der Waals surface area contributed by atoms with Crippen molar-refractivity contribution in [3.63, 3.8) is 0 Å². The minimum Gasteiger partial charge on any atom is -0.383 e. The molecule has 0 heterocycles. The van der Waals surface area contributed by atoms with Crippen LogP contribution in [0.1, 0.15) is 24.2 Å². The van der Waals surface area contributed by atoms with Gasteiger partial charge in [-0.3, -0.25) is 4.79 Å². The van der Waals surface area contributed by atoms with Gasteiger partial charge in [-0.05, 0) is 48.0 Å². The van der Waals surface area contributed by atoms with Crippen molar-refractivity contribution in [2.45, 2.75) is 13.8 Å². The van der Waals surface area contributed by atoms with Gasteiger partial charge in [0.15, 0.2) is 5.78 Å². The molecule has 1 rings (SSSR count). The third-order valence-corrected chi connectivity index (χ3v) is 3.28. The molecule has 1 aromatic rings. The van der Waals surface area contributed by atoms with Gasteiger partial charge in [-0.15, -0.1) is 0 Å². The average Bonchev–Trinajstić information content (AvgIpc) is 2.31. The molecule has 4 heteroatoms. The number of anilines is 1. The lowest BCUT2D eigenvalue weighted by Crippen LogP contribution is -2.27. The Morgan fingerprint density at radius 3 is 2.65 bits per heavy atom. The number of carbonyl (C=O) groups excluding carboxylic acids is 1. The first-order chi connectivity index (χ1) is 8.10. The van der Waals surface area contributed by atoms with E-state index >= 15 is 0 Å². The molecule has 0 spiro atoms. The van der Waals surface area contributed by atoms with Crippen LogP contribution >= 0.6 is 15.9 Å². The predicted octanol–water partition coefficient (Wildman–Crippen LogP) is 3.12. The molecule has 0 radical (unpaired) electrons. The van der Waals surface area contributed by atoms with E-state index in [4.69, 9.17) is 4.74 Å². The van der Waals surface area contributed by atoms with E-state index in [2.05, 4.69) is 27.8 Å². The maximum absolute atomic E-state index is 11.3. The van der Waals surface area contributed by atoms with Crippen molar-refractivity contribution in [2.24, 2.45) is 0 Å². The topological polar surface area (TPSA) is 29.5 Å². The number of hydrogen-bond acceptors (Lipinski definition) is 3. The van der Waals surface area contributed by atoms with Crippen LogP contribution < -0.4 is 4.90 Å². The Kier molecular flexibility index (Phi) is 5.65. The molecule has 0 aliphatic carbocycles. The van der Waals surface area contributed by atoms with Crippen molar-refractivity contribution in [1.82, 2.24) is 0 Å². The van der Waals surface area contributed by atoms with Crippen molar-refractivity contribution < 1.29 is 9.53 Å². The molecular formula is C13H18BrNO2. The van der Waals surface area contributed by atoms with Crippen molar-refractivity contribution in [1.29, 1.82) is 0 Å². The minimum atomic E-state index is 0.0807. The van der Waals surface area contributed by atoms with Crippen LogP contribution in [0.4, 0.5) is 5.69 Å². The van der Waals surface area contributed by atoms with Crippen LogP contribution in [-0.2, 0) is 4.74 Å². The van der Waals surface area contributed by atoms with Gasteiger partial charge in [0.25, 0.3) is 0 Å². The number of nitrogens with zero attached hydrogens (tertiary/aromatic N) is 1. The van der Waals surface area contributed by atoms with Gasteiger partial charge in [0.2, 0.25) is 0 Å². The van der Waals surface area contributed by atoms with Crippen molar-refractivity contribution in [3.8, 4) is 0 Å². The molecule has 1 aromatic carbocycles. The second-order valence-corrected chi connectivity index (χ2v) is 4.65. The standard InChI is InChI=1S/C13H18BrNO2/c1-4-15(7-8-17-3)13-6-5-11(10(2)16)9-12(13)14/h5-6,9H,4,7-8H2,1-3H3. The van der Waals surface area contributed by atoms with Crippen LogP contribution in [0.25, 0.3) is 0 Å². The van der Waals surface area contributed by atoms with E-state index < -0.39 is 0 Å². The Balaban J connectivity index is 2.92. The molecule has 0 aliphatic rings. The SMILES string of the molecule is CCN(CCOC)c1ccc(C(C)=O)cc1Br. The van der Waals surface area contributed by atoms with Gasteiger partial charge < -0.3 is 9.64 Å². The average molecular weight is 300 g/mol. The zero-order valence-corrected chi connectivity index (χ0v) is 12.1. The van der Waals surface area contributed by atoms with Crippen LogP contribution in [0.2, 0.25) is 0 Å². The number of likely N-dealkylation sites (N-methyl/N-ethyl adjacent to an activating group) is 1. The predicted molar refractivity (Wildman–Crippen MR) is 73.9 cm³/mol. The number of ketones is 1. The first kappa shape index (κ1) is 14.2. The van der Waals surface area contributed by atoms with E-state index in [1.165, 1.54) is 0 Å². The van der Waals surface area contributed by atoms with Gasteiger partial charge in [-0.2, -0.15) is 0 Å². The second kappa shape index (κ2) is 6.77. The lowest BCUT2D eigenvalue weighted by molar-refractivity contribution is 0.101. The Hall–Kier alpha value is -0.870. The molecule has 94 valence electrons. The van der Waals surface area contributed by atoms with Gasteiger partial charge in [-0.25, -0.2) is 0 Å². The molecule has 0 saturated carbocycles. The number of carbonyl (C=O) groups is 1. The first-order valence-electron chi connectivity index (χ1n) is 5.64. The van der Waals surface area contributed by atoms with Crippen molar-refractivity contribution in [2.75, 3.05) is 31.7 Å². The fourth-order valence-corrected chi connectivity index (χ4v) is 2.26. The molecule has 0 amide bonds. The number of methoxy groups -OCH3 is 1. The summed E-state index contributed by atoms with van der Waals surface area (Å²) in [5.41, 5.74) is 1.82. The molecule has 0 unspecified atom stereocenters. The summed E-state index contributed by atoms with van der Waals surface area (Å²) in [6, 6.07) is 5.70. The molecule has 0 bridgehead atoms. The Morgan fingerprint density at radius 1 is 1.47 bits per heavy atom. The Bertz CT molecular complexity index is 393. The maximum Gasteiger partial charge on any atom is 0.159 e. The molecule has 0 saturated heterocycles. The Morgan fingerprint density at radius 2 is 2.18 bits per heavy atom. The summed E-state index contributed by atoms with van der Waals surface area (Å²) in [6.45, 7) is 6.10. The summed E-state index contributed by atoms with van der Waals surface area (Å²) in [5, 5.41) is 0. The summed E-state index contributed by atoms with van der Waals surface area (Å²) in [5.74, 6) is 0.0807. The summed E-state index contributed by atoms with van der Waals surface area (Å²) >= 11 is 3.51. The molecule has 0 N–H and O–H groups in total. The normalized spacial score (nSPS) is 10.4. The smallest absolute Gasteiger partial charge is 0.159 e. The molecule has 17 heavy (non-hydrogen) atoms. The zero-order valence-electron chi connectivity index (χ0n) is 10.5. The number of halogens is 1. The lowest BCUT2D eigenvalue weighted by atomic mass is 10.1. The number of ether oxygens (including phenoxy) is 1. The highest BCUT2D eigenvalue weighted by Gasteiger charge is 2.10. The van der Waals surface area contributed by atoms with E-state index in [9.17, 15) is 4.79 Å². The van der Waals surface area contributed by atoms with E-state index in [0.29, 0.717) is 6.61 Å².